The summed E-state index contributed by atoms with van der Waals surface area (Å²) in [4.78, 5) is 0. The van der Waals surface area contributed by atoms with Gasteiger partial charge in [-0.2, -0.15) is 17.2 Å². The lowest BCUT2D eigenvalue weighted by Gasteiger charge is -2.11. The first-order valence-corrected chi connectivity index (χ1v) is 6.86. The van der Waals surface area contributed by atoms with Gasteiger partial charge in [-0.25, -0.2) is 8.78 Å². The molecule has 0 heterocycles. The maximum atomic E-state index is 13.4. The van der Waals surface area contributed by atoms with E-state index in [4.69, 9.17) is 4.55 Å². The molecule has 0 radical (unpaired) electrons. The Morgan fingerprint density at radius 1 is 1.10 bits per heavy atom. The molecule has 112 valence electrons. The molecule has 0 atom stereocenters. The van der Waals surface area contributed by atoms with Gasteiger partial charge in [0.2, 0.25) is 11.6 Å². The number of hydrogen-bond acceptors (Lipinski definition) is 3. The van der Waals surface area contributed by atoms with Crippen LogP contribution in [0.5, 0.6) is 5.75 Å². The van der Waals surface area contributed by atoms with Gasteiger partial charge in [0.25, 0.3) is 10.1 Å². The molecule has 1 N–H and O–H groups in total. The molecule has 0 amide bonds. The van der Waals surface area contributed by atoms with E-state index in [2.05, 4.69) is 11.3 Å². The zero-order valence-electron chi connectivity index (χ0n) is 10.00. The Labute approximate surface area is 112 Å². The van der Waals surface area contributed by atoms with Crippen molar-refractivity contribution in [2.24, 2.45) is 0 Å². The molecule has 1 aromatic carbocycles. The Morgan fingerprint density at radius 3 is 2.00 bits per heavy atom. The smallest absolute Gasteiger partial charge is 0.264 e. The average molecular weight is 314 g/mol. The van der Waals surface area contributed by atoms with Crippen LogP contribution in [0, 0.1) is 23.3 Å². The summed E-state index contributed by atoms with van der Waals surface area (Å²) in [6.07, 6.45) is 0.295. The number of ether oxygens (including phenoxy) is 1. The highest BCUT2D eigenvalue weighted by Gasteiger charge is 2.25. The maximum absolute atomic E-state index is 13.4. The summed E-state index contributed by atoms with van der Waals surface area (Å²) in [5, 5.41) is 0. The summed E-state index contributed by atoms with van der Waals surface area (Å²) in [7, 11) is -4.25. The molecule has 0 aromatic heterocycles. The third kappa shape index (κ3) is 3.70. The predicted octanol–water partition coefficient (Wildman–Crippen LogP) is 2.54. The maximum Gasteiger partial charge on any atom is 0.264 e. The number of benzene rings is 1. The summed E-state index contributed by atoms with van der Waals surface area (Å²) < 4.78 is 87.2. The lowest BCUT2D eigenvalue weighted by molar-refractivity contribution is 0.271. The van der Waals surface area contributed by atoms with Crippen LogP contribution in [-0.4, -0.2) is 25.3 Å². The van der Waals surface area contributed by atoms with Crippen LogP contribution in [0.1, 0.15) is 12.0 Å². The predicted molar refractivity (Wildman–Crippen MR) is 62.9 cm³/mol. The van der Waals surface area contributed by atoms with Crippen molar-refractivity contribution >= 4 is 16.2 Å². The van der Waals surface area contributed by atoms with Crippen molar-refractivity contribution in [3.05, 3.63) is 35.4 Å². The highest BCUT2D eigenvalue weighted by Crippen LogP contribution is 2.30. The lowest BCUT2D eigenvalue weighted by atomic mass is 10.1. The summed E-state index contributed by atoms with van der Waals surface area (Å²) in [5.74, 6) is -8.82. The Bertz CT molecular complexity index is 599. The zero-order chi connectivity index (χ0) is 15.5. The van der Waals surface area contributed by atoms with Gasteiger partial charge < -0.3 is 4.74 Å². The van der Waals surface area contributed by atoms with E-state index in [0.717, 1.165) is 0 Å². The van der Waals surface area contributed by atoms with Crippen molar-refractivity contribution in [3.8, 4) is 5.75 Å². The van der Waals surface area contributed by atoms with Crippen LogP contribution in [0.3, 0.4) is 0 Å². The lowest BCUT2D eigenvalue weighted by Crippen LogP contribution is -2.11. The fourth-order valence-corrected chi connectivity index (χ4v) is 1.83. The fraction of sp³-hybridized carbons (Fsp3) is 0.273. The molecule has 0 saturated heterocycles. The second-order valence-corrected chi connectivity index (χ2v) is 5.26. The minimum atomic E-state index is -4.25. The zero-order valence-corrected chi connectivity index (χ0v) is 10.8. The van der Waals surface area contributed by atoms with Gasteiger partial charge in [0.15, 0.2) is 17.4 Å². The molecule has 0 aliphatic heterocycles. The highest BCUT2D eigenvalue weighted by atomic mass is 32.2. The van der Waals surface area contributed by atoms with Crippen LogP contribution < -0.4 is 4.74 Å². The molecule has 0 saturated carbocycles. The third-order valence-electron chi connectivity index (χ3n) is 2.25. The SMILES string of the molecule is C=Cc1c(F)c(F)c(OCCCS(=O)(=O)O)c(F)c1F. The summed E-state index contributed by atoms with van der Waals surface area (Å²) in [6.45, 7) is 2.46. The molecule has 1 rings (SSSR count). The monoisotopic (exact) mass is 314 g/mol. The summed E-state index contributed by atoms with van der Waals surface area (Å²) in [6, 6.07) is 0. The Hall–Kier alpha value is -1.61. The van der Waals surface area contributed by atoms with Gasteiger partial charge in [-0.3, -0.25) is 4.55 Å². The van der Waals surface area contributed by atoms with Gasteiger partial charge in [0.05, 0.1) is 17.9 Å². The minimum Gasteiger partial charge on any atom is -0.487 e. The molecular weight excluding hydrogens is 304 g/mol. The molecular formula is C11H10F4O4S. The Kier molecular flexibility index (Phi) is 5.12. The van der Waals surface area contributed by atoms with E-state index in [0.29, 0.717) is 6.08 Å². The van der Waals surface area contributed by atoms with Crippen molar-refractivity contribution in [1.29, 1.82) is 0 Å². The topological polar surface area (TPSA) is 63.6 Å². The normalized spacial score (nSPS) is 11.4. The van der Waals surface area contributed by atoms with E-state index < -0.39 is 57.1 Å². The van der Waals surface area contributed by atoms with E-state index >= 15 is 0 Å². The molecule has 0 aliphatic rings. The third-order valence-corrected chi connectivity index (χ3v) is 3.06. The molecule has 0 bridgehead atoms. The van der Waals surface area contributed by atoms with E-state index in [-0.39, 0.29) is 6.42 Å². The molecule has 0 unspecified atom stereocenters. The van der Waals surface area contributed by atoms with Gasteiger partial charge in [-0.15, -0.1) is 0 Å². The quantitative estimate of drug-likeness (QED) is 0.379. The van der Waals surface area contributed by atoms with Gasteiger partial charge in [-0.1, -0.05) is 12.7 Å². The largest absolute Gasteiger partial charge is 0.487 e. The van der Waals surface area contributed by atoms with Gasteiger partial charge in [0, 0.05) is 0 Å². The summed E-state index contributed by atoms with van der Waals surface area (Å²) >= 11 is 0. The average Bonchev–Trinajstić information content (AvgIpc) is 2.35. The van der Waals surface area contributed by atoms with Gasteiger partial charge in [0.1, 0.15) is 0 Å². The van der Waals surface area contributed by atoms with Crippen molar-refractivity contribution in [3.63, 3.8) is 0 Å². The molecule has 0 spiro atoms. The van der Waals surface area contributed by atoms with Crippen molar-refractivity contribution in [2.45, 2.75) is 6.42 Å². The number of halogens is 4. The standard InChI is InChI=1S/C11H10F4O4S/c1-2-6-7(12)9(14)11(10(15)8(6)13)19-4-3-5-20(16,17)18/h2H,1,3-5H2,(H,16,17,18). The van der Waals surface area contributed by atoms with Crippen LogP contribution in [0.4, 0.5) is 17.6 Å². The van der Waals surface area contributed by atoms with E-state index in [1.165, 1.54) is 0 Å². The van der Waals surface area contributed by atoms with Crippen LogP contribution in [0.15, 0.2) is 6.58 Å². The minimum absolute atomic E-state index is 0.315. The first-order valence-electron chi connectivity index (χ1n) is 5.25. The first kappa shape index (κ1) is 16.4. The van der Waals surface area contributed by atoms with Crippen LogP contribution in [0.25, 0.3) is 6.08 Å². The van der Waals surface area contributed by atoms with Crippen LogP contribution in [0.2, 0.25) is 0 Å². The van der Waals surface area contributed by atoms with E-state index in [1.807, 2.05) is 0 Å². The summed E-state index contributed by atoms with van der Waals surface area (Å²) in [5.41, 5.74) is -0.967. The molecule has 0 aliphatic carbocycles. The molecule has 1 aromatic rings. The van der Waals surface area contributed by atoms with Crippen LogP contribution in [-0.2, 0) is 10.1 Å². The molecule has 9 heteroatoms. The second-order valence-electron chi connectivity index (χ2n) is 3.69. The molecule has 0 fully saturated rings. The number of rotatable bonds is 6. The van der Waals surface area contributed by atoms with Crippen molar-refractivity contribution in [2.75, 3.05) is 12.4 Å². The highest BCUT2D eigenvalue weighted by molar-refractivity contribution is 7.85. The molecule has 4 nitrogen and oxygen atoms in total. The second kappa shape index (κ2) is 6.23. The van der Waals surface area contributed by atoms with Gasteiger partial charge in [-0.05, 0) is 6.42 Å². The van der Waals surface area contributed by atoms with Gasteiger partial charge >= 0.3 is 0 Å². The molecule has 20 heavy (non-hydrogen) atoms. The van der Waals surface area contributed by atoms with E-state index in [1.54, 1.807) is 0 Å². The van der Waals surface area contributed by atoms with Crippen molar-refractivity contribution < 1.29 is 35.3 Å². The Morgan fingerprint density at radius 2 is 1.60 bits per heavy atom. The number of hydrogen-bond donors (Lipinski definition) is 1. The van der Waals surface area contributed by atoms with Crippen molar-refractivity contribution in [1.82, 2.24) is 0 Å². The van der Waals surface area contributed by atoms with E-state index in [9.17, 15) is 26.0 Å². The Balaban J connectivity index is 2.94. The first-order chi connectivity index (χ1) is 9.19. The fourth-order valence-electron chi connectivity index (χ4n) is 1.35. The van der Waals surface area contributed by atoms with Crippen LogP contribution >= 0.6 is 0 Å².